The van der Waals surface area contributed by atoms with E-state index in [0.29, 0.717) is 28.6 Å². The number of benzene rings is 4. The maximum absolute atomic E-state index is 14.4. The Bertz CT molecular complexity index is 1690. The Balaban J connectivity index is 1.81. The lowest BCUT2D eigenvalue weighted by Crippen LogP contribution is -2.53. The first-order chi connectivity index (χ1) is 21.1. The van der Waals surface area contributed by atoms with Crippen molar-refractivity contribution in [1.82, 2.24) is 10.2 Å². The van der Waals surface area contributed by atoms with Crippen LogP contribution >= 0.6 is 23.2 Å². The molecule has 7 nitrogen and oxygen atoms in total. The SMILES string of the molecule is CCCNC(=O)[C@@H](Cc1ccccc1)N(Cc1ccccc1Cl)C(=O)CN(c1ccc(C)c(Cl)c1)S(=O)(=O)c1ccccc1. The van der Waals surface area contributed by atoms with Crippen LogP contribution in [0.15, 0.2) is 108 Å². The highest BCUT2D eigenvalue weighted by atomic mass is 35.5. The molecule has 1 N–H and O–H groups in total. The molecule has 10 heteroatoms. The molecule has 0 aromatic heterocycles. The van der Waals surface area contributed by atoms with Gasteiger partial charge in [-0.05, 0) is 60.4 Å². The zero-order valence-corrected chi connectivity index (χ0v) is 26.9. The van der Waals surface area contributed by atoms with Gasteiger partial charge >= 0.3 is 0 Å². The van der Waals surface area contributed by atoms with E-state index in [0.717, 1.165) is 15.4 Å². The van der Waals surface area contributed by atoms with Gasteiger partial charge < -0.3 is 10.2 Å². The monoisotopic (exact) mass is 651 g/mol. The molecule has 0 heterocycles. The van der Waals surface area contributed by atoms with Gasteiger partial charge in [-0.3, -0.25) is 13.9 Å². The Kier molecular flexibility index (Phi) is 11.4. The highest BCUT2D eigenvalue weighted by Crippen LogP contribution is 2.29. The molecule has 4 aromatic carbocycles. The lowest BCUT2D eigenvalue weighted by molar-refractivity contribution is -0.140. The number of carbonyl (C=O) groups is 2. The normalized spacial score (nSPS) is 11.9. The predicted octanol–water partition coefficient (Wildman–Crippen LogP) is 6.66. The summed E-state index contributed by atoms with van der Waals surface area (Å²) < 4.78 is 29.1. The van der Waals surface area contributed by atoms with E-state index in [1.54, 1.807) is 54.6 Å². The zero-order valence-electron chi connectivity index (χ0n) is 24.6. The summed E-state index contributed by atoms with van der Waals surface area (Å²) >= 11 is 13.0. The Hall–Kier alpha value is -3.85. The van der Waals surface area contributed by atoms with Gasteiger partial charge in [0.15, 0.2) is 0 Å². The second-order valence-electron chi connectivity index (χ2n) is 10.4. The molecular weight excluding hydrogens is 617 g/mol. The third-order valence-corrected chi connectivity index (χ3v) is 9.74. The average Bonchev–Trinajstić information content (AvgIpc) is 3.03. The standard InChI is InChI=1S/C34H35Cl2N3O4S/c1-3-20-37-34(41)32(21-26-12-6-4-7-13-26)38(23-27-14-10-11-17-30(27)35)33(40)24-39(28-19-18-25(2)31(36)22-28)44(42,43)29-15-8-5-9-16-29/h4-19,22,32H,3,20-21,23-24H2,1-2H3,(H,37,41)/t32-/m1/s1. The van der Waals surface area contributed by atoms with Crippen LogP contribution in [-0.2, 0) is 32.6 Å². The molecule has 0 aliphatic heterocycles. The maximum Gasteiger partial charge on any atom is 0.264 e. The summed E-state index contributed by atoms with van der Waals surface area (Å²) in [6.45, 7) is 3.59. The van der Waals surface area contributed by atoms with Crippen LogP contribution in [0, 0.1) is 6.92 Å². The minimum atomic E-state index is -4.21. The summed E-state index contributed by atoms with van der Waals surface area (Å²) in [5.74, 6) is -0.916. The third kappa shape index (κ3) is 8.20. The number of anilines is 1. The Morgan fingerprint density at radius 2 is 1.48 bits per heavy atom. The first-order valence-corrected chi connectivity index (χ1v) is 16.5. The van der Waals surface area contributed by atoms with Gasteiger partial charge in [0.1, 0.15) is 12.6 Å². The highest BCUT2D eigenvalue weighted by molar-refractivity contribution is 7.92. The van der Waals surface area contributed by atoms with Crippen molar-refractivity contribution in [2.45, 2.75) is 44.2 Å². The van der Waals surface area contributed by atoms with Crippen molar-refractivity contribution in [2.75, 3.05) is 17.4 Å². The topological polar surface area (TPSA) is 86.8 Å². The minimum absolute atomic E-state index is 0.0105. The number of rotatable bonds is 13. The Labute approximate surface area is 269 Å². The second-order valence-corrected chi connectivity index (χ2v) is 13.0. The van der Waals surface area contributed by atoms with Crippen LogP contribution in [0.1, 0.15) is 30.0 Å². The summed E-state index contributed by atoms with van der Waals surface area (Å²) in [6, 6.07) is 28.2. The molecule has 0 bridgehead atoms. The number of amides is 2. The third-order valence-electron chi connectivity index (χ3n) is 7.17. The van der Waals surface area contributed by atoms with Gasteiger partial charge in [0.2, 0.25) is 11.8 Å². The summed E-state index contributed by atoms with van der Waals surface area (Å²) in [7, 11) is -4.21. The lowest BCUT2D eigenvalue weighted by atomic mass is 10.0. The number of hydrogen-bond acceptors (Lipinski definition) is 4. The van der Waals surface area contributed by atoms with Crippen LogP contribution in [0.4, 0.5) is 5.69 Å². The van der Waals surface area contributed by atoms with Crippen molar-refractivity contribution >= 4 is 50.7 Å². The molecule has 44 heavy (non-hydrogen) atoms. The molecule has 0 fully saturated rings. The van der Waals surface area contributed by atoms with E-state index in [1.807, 2.05) is 44.2 Å². The van der Waals surface area contributed by atoms with Gasteiger partial charge in [-0.2, -0.15) is 0 Å². The summed E-state index contributed by atoms with van der Waals surface area (Å²) in [6.07, 6.45) is 0.925. The van der Waals surface area contributed by atoms with Crippen molar-refractivity contribution in [3.8, 4) is 0 Å². The fraction of sp³-hybridized carbons (Fsp3) is 0.235. The molecular formula is C34H35Cl2N3O4S. The molecule has 4 aromatic rings. The van der Waals surface area contributed by atoms with Gasteiger partial charge in [-0.1, -0.05) is 103 Å². The molecule has 0 saturated carbocycles. The first-order valence-electron chi connectivity index (χ1n) is 14.3. The van der Waals surface area contributed by atoms with E-state index >= 15 is 0 Å². The number of sulfonamides is 1. The quantitative estimate of drug-likeness (QED) is 0.175. The van der Waals surface area contributed by atoms with Crippen molar-refractivity contribution < 1.29 is 18.0 Å². The number of carbonyl (C=O) groups excluding carboxylic acids is 2. The number of aryl methyl sites for hydroxylation is 1. The van der Waals surface area contributed by atoms with E-state index in [-0.39, 0.29) is 29.5 Å². The van der Waals surface area contributed by atoms with Crippen LogP contribution in [-0.4, -0.2) is 44.3 Å². The molecule has 0 saturated heterocycles. The molecule has 0 aliphatic carbocycles. The largest absolute Gasteiger partial charge is 0.354 e. The number of halogens is 2. The average molecular weight is 653 g/mol. The number of hydrogen-bond donors (Lipinski definition) is 1. The van der Waals surface area contributed by atoms with Crippen LogP contribution < -0.4 is 9.62 Å². The van der Waals surface area contributed by atoms with E-state index in [9.17, 15) is 18.0 Å². The van der Waals surface area contributed by atoms with Crippen molar-refractivity contribution in [3.63, 3.8) is 0 Å². The van der Waals surface area contributed by atoms with Crippen molar-refractivity contribution in [1.29, 1.82) is 0 Å². The molecule has 0 radical (unpaired) electrons. The van der Waals surface area contributed by atoms with E-state index in [4.69, 9.17) is 23.2 Å². The second kappa shape index (κ2) is 15.2. The van der Waals surface area contributed by atoms with E-state index in [2.05, 4.69) is 5.32 Å². The summed E-state index contributed by atoms with van der Waals surface area (Å²) in [5.41, 5.74) is 2.46. The lowest BCUT2D eigenvalue weighted by Gasteiger charge is -2.34. The first kappa shape index (κ1) is 33.1. The van der Waals surface area contributed by atoms with Crippen molar-refractivity contribution in [2.24, 2.45) is 0 Å². The van der Waals surface area contributed by atoms with Crippen LogP contribution in [0.2, 0.25) is 10.0 Å². The van der Waals surface area contributed by atoms with Crippen LogP contribution in [0.25, 0.3) is 0 Å². The number of nitrogens with zero attached hydrogens (tertiary/aromatic N) is 2. The molecule has 1 atom stereocenters. The van der Waals surface area contributed by atoms with Crippen LogP contribution in [0.5, 0.6) is 0 Å². The molecule has 2 amide bonds. The molecule has 0 unspecified atom stereocenters. The van der Waals surface area contributed by atoms with E-state index < -0.39 is 28.5 Å². The molecule has 230 valence electrons. The summed E-state index contributed by atoms with van der Waals surface area (Å²) in [4.78, 5) is 29.6. The Morgan fingerprint density at radius 1 is 0.841 bits per heavy atom. The van der Waals surface area contributed by atoms with Gasteiger partial charge in [0.25, 0.3) is 10.0 Å². The summed E-state index contributed by atoms with van der Waals surface area (Å²) in [5, 5.41) is 3.71. The van der Waals surface area contributed by atoms with Gasteiger partial charge in [0.05, 0.1) is 10.6 Å². The highest BCUT2D eigenvalue weighted by Gasteiger charge is 2.35. The van der Waals surface area contributed by atoms with Crippen molar-refractivity contribution in [3.05, 3.63) is 130 Å². The zero-order chi connectivity index (χ0) is 31.7. The van der Waals surface area contributed by atoms with Crippen LogP contribution in [0.3, 0.4) is 0 Å². The maximum atomic E-state index is 14.4. The molecule has 4 rings (SSSR count). The molecule has 0 aliphatic rings. The van der Waals surface area contributed by atoms with Gasteiger partial charge in [-0.15, -0.1) is 0 Å². The van der Waals surface area contributed by atoms with Gasteiger partial charge in [0, 0.05) is 29.6 Å². The fourth-order valence-corrected chi connectivity index (χ4v) is 6.51. The number of nitrogens with one attached hydrogen (secondary N) is 1. The predicted molar refractivity (Wildman–Crippen MR) is 176 cm³/mol. The van der Waals surface area contributed by atoms with Gasteiger partial charge in [-0.25, -0.2) is 8.42 Å². The van der Waals surface area contributed by atoms with E-state index in [1.165, 1.54) is 23.1 Å². The fourth-order valence-electron chi connectivity index (χ4n) is 4.72. The Morgan fingerprint density at radius 3 is 2.11 bits per heavy atom. The molecule has 0 spiro atoms. The smallest absolute Gasteiger partial charge is 0.264 e. The minimum Gasteiger partial charge on any atom is -0.354 e.